The molecule has 1 nitrogen and oxygen atoms in total. The van der Waals surface area contributed by atoms with Crippen LogP contribution in [0.2, 0.25) is 0 Å². The minimum absolute atomic E-state index is 1.10. The number of allylic oxidation sites excluding steroid dienone is 1. The fraction of sp³-hybridized carbons (Fsp3) is 0.833. The van der Waals surface area contributed by atoms with Gasteiger partial charge in [-0.3, -0.25) is 0 Å². The zero-order chi connectivity index (χ0) is 9.80. The van der Waals surface area contributed by atoms with Crippen molar-refractivity contribution in [3.8, 4) is 0 Å². The standard InChI is InChI=1S/C12H20ClN/c13-12(11-7-3-1-4-8-11)14-9-5-2-6-10-14/h1-10H2. The first-order valence-electron chi connectivity index (χ1n) is 6.00. The lowest BCUT2D eigenvalue weighted by molar-refractivity contribution is 0.296. The summed E-state index contributed by atoms with van der Waals surface area (Å²) in [5.74, 6) is 0. The second-order valence-electron chi connectivity index (χ2n) is 4.50. The molecule has 1 saturated carbocycles. The van der Waals surface area contributed by atoms with Crippen molar-refractivity contribution < 1.29 is 0 Å². The molecule has 0 aromatic carbocycles. The Morgan fingerprint density at radius 2 is 1.43 bits per heavy atom. The van der Waals surface area contributed by atoms with Gasteiger partial charge in [-0.05, 0) is 50.5 Å². The molecule has 80 valence electrons. The monoisotopic (exact) mass is 213 g/mol. The Morgan fingerprint density at radius 1 is 0.857 bits per heavy atom. The number of rotatable bonds is 1. The summed E-state index contributed by atoms with van der Waals surface area (Å²) >= 11 is 6.44. The maximum absolute atomic E-state index is 6.44. The molecule has 0 bridgehead atoms. The highest BCUT2D eigenvalue weighted by Crippen LogP contribution is 2.30. The highest BCUT2D eigenvalue weighted by Gasteiger charge is 2.17. The molecule has 0 N–H and O–H groups in total. The molecule has 0 amide bonds. The fourth-order valence-corrected chi connectivity index (χ4v) is 2.86. The van der Waals surface area contributed by atoms with E-state index in [0.29, 0.717) is 0 Å². The van der Waals surface area contributed by atoms with Crippen LogP contribution in [0.4, 0.5) is 0 Å². The van der Waals surface area contributed by atoms with Crippen molar-refractivity contribution in [2.45, 2.75) is 51.4 Å². The Hall–Kier alpha value is -0.170. The maximum Gasteiger partial charge on any atom is 0.104 e. The Morgan fingerprint density at radius 3 is 2.07 bits per heavy atom. The third-order valence-electron chi connectivity index (χ3n) is 3.38. The van der Waals surface area contributed by atoms with Crippen molar-refractivity contribution in [1.29, 1.82) is 0 Å². The van der Waals surface area contributed by atoms with Gasteiger partial charge in [0.1, 0.15) is 5.16 Å². The van der Waals surface area contributed by atoms with E-state index in [9.17, 15) is 0 Å². The molecule has 1 aliphatic carbocycles. The molecule has 0 spiro atoms. The normalized spacial score (nSPS) is 23.8. The van der Waals surface area contributed by atoms with E-state index in [1.807, 2.05) is 0 Å². The van der Waals surface area contributed by atoms with Gasteiger partial charge in [0.05, 0.1) is 0 Å². The van der Waals surface area contributed by atoms with Crippen LogP contribution in [0.3, 0.4) is 0 Å². The summed E-state index contributed by atoms with van der Waals surface area (Å²) in [5.41, 5.74) is 1.53. The quantitative estimate of drug-likeness (QED) is 0.598. The lowest BCUT2D eigenvalue weighted by Gasteiger charge is -2.30. The van der Waals surface area contributed by atoms with Gasteiger partial charge in [0.25, 0.3) is 0 Å². The van der Waals surface area contributed by atoms with Gasteiger partial charge in [-0.25, -0.2) is 0 Å². The predicted octanol–water partition coefficient (Wildman–Crippen LogP) is 3.89. The SMILES string of the molecule is ClC(=C1CCCCC1)N1CCCCC1. The van der Waals surface area contributed by atoms with E-state index in [1.54, 1.807) is 0 Å². The van der Waals surface area contributed by atoms with Crippen LogP contribution in [0, 0.1) is 0 Å². The molecule has 0 aromatic rings. The summed E-state index contributed by atoms with van der Waals surface area (Å²) in [7, 11) is 0. The highest BCUT2D eigenvalue weighted by atomic mass is 35.5. The molecule has 0 radical (unpaired) electrons. The molecule has 0 unspecified atom stereocenters. The molecule has 2 rings (SSSR count). The van der Waals surface area contributed by atoms with Crippen molar-refractivity contribution in [2.24, 2.45) is 0 Å². The molecule has 0 atom stereocenters. The third-order valence-corrected chi connectivity index (χ3v) is 3.89. The average molecular weight is 214 g/mol. The largest absolute Gasteiger partial charge is 0.362 e. The summed E-state index contributed by atoms with van der Waals surface area (Å²) in [6.45, 7) is 2.37. The van der Waals surface area contributed by atoms with Crippen LogP contribution in [-0.2, 0) is 0 Å². The summed E-state index contributed by atoms with van der Waals surface area (Å²) in [6.07, 6.45) is 10.6. The molecule has 1 heterocycles. The van der Waals surface area contributed by atoms with Gasteiger partial charge in [0, 0.05) is 13.1 Å². The Bertz CT molecular complexity index is 208. The van der Waals surface area contributed by atoms with Crippen LogP contribution in [0.1, 0.15) is 51.4 Å². The first-order chi connectivity index (χ1) is 6.88. The summed E-state index contributed by atoms with van der Waals surface area (Å²) in [4.78, 5) is 2.39. The van der Waals surface area contributed by atoms with Crippen molar-refractivity contribution in [3.05, 3.63) is 10.7 Å². The topological polar surface area (TPSA) is 3.24 Å². The Balaban J connectivity index is 1.99. The second-order valence-corrected chi connectivity index (χ2v) is 4.86. The van der Waals surface area contributed by atoms with E-state index in [-0.39, 0.29) is 0 Å². The lowest BCUT2D eigenvalue weighted by Crippen LogP contribution is -2.28. The smallest absolute Gasteiger partial charge is 0.104 e. The molecule has 2 aliphatic rings. The van der Waals surface area contributed by atoms with Crippen LogP contribution in [0.15, 0.2) is 10.7 Å². The molecule has 2 heteroatoms. The minimum atomic E-state index is 1.10. The Labute approximate surface area is 92.1 Å². The van der Waals surface area contributed by atoms with E-state index < -0.39 is 0 Å². The predicted molar refractivity (Wildman–Crippen MR) is 61.4 cm³/mol. The van der Waals surface area contributed by atoms with Crippen molar-refractivity contribution in [2.75, 3.05) is 13.1 Å². The molecule has 2 fully saturated rings. The van der Waals surface area contributed by atoms with Gasteiger partial charge in [0.15, 0.2) is 0 Å². The van der Waals surface area contributed by atoms with Gasteiger partial charge in [-0.15, -0.1) is 0 Å². The van der Waals surface area contributed by atoms with Gasteiger partial charge in [-0.2, -0.15) is 0 Å². The molecular formula is C12H20ClN. The van der Waals surface area contributed by atoms with E-state index in [0.717, 1.165) is 5.16 Å². The van der Waals surface area contributed by atoms with E-state index >= 15 is 0 Å². The van der Waals surface area contributed by atoms with Gasteiger partial charge < -0.3 is 4.90 Å². The number of likely N-dealkylation sites (tertiary alicyclic amines) is 1. The molecular weight excluding hydrogens is 194 g/mol. The summed E-state index contributed by atoms with van der Waals surface area (Å²) in [6, 6.07) is 0. The number of hydrogen-bond acceptors (Lipinski definition) is 1. The third kappa shape index (κ3) is 2.44. The number of halogens is 1. The van der Waals surface area contributed by atoms with Crippen LogP contribution < -0.4 is 0 Å². The number of nitrogens with zero attached hydrogens (tertiary/aromatic N) is 1. The van der Waals surface area contributed by atoms with E-state index in [2.05, 4.69) is 4.90 Å². The van der Waals surface area contributed by atoms with Crippen molar-refractivity contribution >= 4 is 11.6 Å². The van der Waals surface area contributed by atoms with E-state index in [4.69, 9.17) is 11.6 Å². The average Bonchev–Trinajstić information content (AvgIpc) is 2.30. The van der Waals surface area contributed by atoms with Gasteiger partial charge in [0.2, 0.25) is 0 Å². The van der Waals surface area contributed by atoms with Crippen molar-refractivity contribution in [1.82, 2.24) is 4.90 Å². The molecule has 1 saturated heterocycles. The molecule has 1 aliphatic heterocycles. The van der Waals surface area contributed by atoms with E-state index in [1.165, 1.54) is 70.0 Å². The van der Waals surface area contributed by atoms with Crippen LogP contribution in [0.5, 0.6) is 0 Å². The zero-order valence-electron chi connectivity index (χ0n) is 8.90. The van der Waals surface area contributed by atoms with Crippen LogP contribution in [0.25, 0.3) is 0 Å². The molecule has 0 aromatic heterocycles. The van der Waals surface area contributed by atoms with Gasteiger partial charge in [-0.1, -0.05) is 18.0 Å². The zero-order valence-corrected chi connectivity index (χ0v) is 9.65. The van der Waals surface area contributed by atoms with Crippen LogP contribution >= 0.6 is 11.6 Å². The number of hydrogen-bond donors (Lipinski definition) is 0. The number of piperidine rings is 1. The maximum atomic E-state index is 6.44. The Kier molecular flexibility index (Phi) is 3.74. The second kappa shape index (κ2) is 5.06. The fourth-order valence-electron chi connectivity index (χ4n) is 2.50. The summed E-state index contributed by atoms with van der Waals surface area (Å²) in [5, 5.41) is 1.10. The molecule has 14 heavy (non-hydrogen) atoms. The highest BCUT2D eigenvalue weighted by molar-refractivity contribution is 6.29. The first-order valence-corrected chi connectivity index (χ1v) is 6.38. The van der Waals surface area contributed by atoms with Crippen LogP contribution in [-0.4, -0.2) is 18.0 Å². The van der Waals surface area contributed by atoms with Crippen molar-refractivity contribution in [3.63, 3.8) is 0 Å². The van der Waals surface area contributed by atoms with Gasteiger partial charge >= 0.3 is 0 Å². The first kappa shape index (κ1) is 10.4. The summed E-state index contributed by atoms with van der Waals surface area (Å²) < 4.78 is 0. The lowest BCUT2D eigenvalue weighted by atomic mass is 9.95. The minimum Gasteiger partial charge on any atom is -0.362 e.